The fraction of sp³-hybridized carbons (Fsp3) is 0.227. The average Bonchev–Trinajstić information content (AvgIpc) is 2.74. The van der Waals surface area contributed by atoms with E-state index in [1.807, 2.05) is 31.2 Å². The molecule has 30 heavy (non-hydrogen) atoms. The summed E-state index contributed by atoms with van der Waals surface area (Å²) in [5, 5.41) is 11.2. The molecule has 0 unspecified atom stereocenters. The maximum Gasteiger partial charge on any atom is 0.206 e. The highest BCUT2D eigenvalue weighted by Gasteiger charge is 2.06. The van der Waals surface area contributed by atoms with Crippen LogP contribution in [0.25, 0.3) is 0 Å². The molecule has 0 aromatic heterocycles. The summed E-state index contributed by atoms with van der Waals surface area (Å²) in [6, 6.07) is 13.0. The predicted octanol–water partition coefficient (Wildman–Crippen LogP) is 4.67. The Morgan fingerprint density at radius 2 is 1.73 bits per heavy atom. The third-order valence-corrected chi connectivity index (χ3v) is 4.14. The minimum absolute atomic E-state index is 0.290. The Bertz CT molecular complexity index is 943. The maximum atomic E-state index is 9.06. The largest absolute Gasteiger partial charge is 0.399 e. The normalized spacial score (nSPS) is 10.7. The lowest BCUT2D eigenvalue weighted by Crippen LogP contribution is -2.02. The van der Waals surface area contributed by atoms with Crippen molar-refractivity contribution in [2.24, 2.45) is 10.3 Å². The molecule has 2 rings (SSSR count). The summed E-state index contributed by atoms with van der Waals surface area (Å²) in [6.07, 6.45) is 0.625. The predicted molar refractivity (Wildman–Crippen MR) is 122 cm³/mol. The van der Waals surface area contributed by atoms with E-state index in [0.29, 0.717) is 34.3 Å². The van der Waals surface area contributed by atoms with Gasteiger partial charge in [0.2, 0.25) is 6.41 Å². The van der Waals surface area contributed by atoms with Gasteiger partial charge in [-0.3, -0.25) is 4.79 Å². The van der Waals surface area contributed by atoms with Crippen molar-refractivity contribution in [2.45, 2.75) is 20.5 Å². The first-order valence-electron chi connectivity index (χ1n) is 8.84. The molecule has 2 aromatic rings. The first kappa shape index (κ1) is 25.0. The number of carbonyl (C=O) groups is 1. The van der Waals surface area contributed by atoms with Crippen molar-refractivity contribution in [3.8, 4) is 11.8 Å². The van der Waals surface area contributed by atoms with Gasteiger partial charge in [0.15, 0.2) is 0 Å². The first-order valence-corrected chi connectivity index (χ1v) is 9.59. The Labute approximate surface area is 186 Å². The van der Waals surface area contributed by atoms with Gasteiger partial charge in [0.1, 0.15) is 19.4 Å². The highest BCUT2D eigenvalue weighted by molar-refractivity contribution is 6.36. The summed E-state index contributed by atoms with van der Waals surface area (Å²) in [4.78, 5) is 19.3. The zero-order valence-electron chi connectivity index (χ0n) is 17.2. The molecule has 0 fully saturated rings. The average molecular weight is 448 g/mol. The van der Waals surface area contributed by atoms with Crippen LogP contribution in [0, 0.1) is 11.8 Å². The van der Waals surface area contributed by atoms with Crippen LogP contribution in [-0.4, -0.2) is 32.0 Å². The van der Waals surface area contributed by atoms with Crippen molar-refractivity contribution >= 4 is 41.0 Å². The molecule has 6 nitrogen and oxygen atoms in total. The van der Waals surface area contributed by atoms with E-state index >= 15 is 0 Å². The van der Waals surface area contributed by atoms with Gasteiger partial charge in [-0.2, -0.15) is 0 Å². The fourth-order valence-electron chi connectivity index (χ4n) is 2.18. The van der Waals surface area contributed by atoms with Gasteiger partial charge in [0.05, 0.1) is 21.3 Å². The molecule has 1 amide bonds. The number of halogens is 2. The molecule has 0 saturated heterocycles. The van der Waals surface area contributed by atoms with E-state index in [9.17, 15) is 0 Å². The molecular formula is C22H23Cl2N3O3. The van der Waals surface area contributed by atoms with E-state index in [1.165, 1.54) is 7.11 Å². The molecule has 0 spiro atoms. The van der Waals surface area contributed by atoms with Gasteiger partial charge in [0, 0.05) is 18.2 Å². The number of hydrogen-bond donors (Lipinski definition) is 1. The topological polar surface area (TPSA) is 72.3 Å². The molecule has 0 aliphatic carbocycles. The quantitative estimate of drug-likeness (QED) is 0.302. The molecule has 0 atom stereocenters. The second kappa shape index (κ2) is 14.0. The van der Waals surface area contributed by atoms with Crippen LogP contribution >= 0.6 is 23.2 Å². The number of nitrogens with zero attached hydrogens (tertiary/aromatic N) is 2. The first-order chi connectivity index (χ1) is 14.4. The summed E-state index contributed by atoms with van der Waals surface area (Å²) in [6.45, 7) is 3.91. The highest BCUT2D eigenvalue weighted by Crippen LogP contribution is 2.22. The second-order valence-corrected chi connectivity index (χ2v) is 6.53. The summed E-state index contributed by atoms with van der Waals surface area (Å²) in [5.74, 6) is 5.80. The molecule has 158 valence electrons. The Kier molecular flexibility index (Phi) is 11.7. The van der Waals surface area contributed by atoms with Crippen molar-refractivity contribution < 1.29 is 14.5 Å². The van der Waals surface area contributed by atoms with Gasteiger partial charge >= 0.3 is 0 Å². The number of amides is 1. The van der Waals surface area contributed by atoms with Crippen LogP contribution < -0.4 is 5.32 Å². The molecule has 0 bridgehead atoms. The van der Waals surface area contributed by atoms with Crippen LogP contribution in [0.5, 0.6) is 0 Å². The number of nitrogens with one attached hydrogen (secondary N) is 1. The minimum atomic E-state index is 0.290. The lowest BCUT2D eigenvalue weighted by atomic mass is 10.0. The lowest BCUT2D eigenvalue weighted by molar-refractivity contribution is -0.109. The standard InChI is InChI=1S/C20H18Cl2N2O2.C2H5NO/c1-14(11-12-18-19(21)9-6-10-20(18)22)23-26-13-16-7-4-5-8-17(16)15(2)24-25-3;1-3-2-4/h4-10H,13H2,1-3H3;2H,1H3,(H,3,4)/b23-14+,24-15-;. The van der Waals surface area contributed by atoms with Crippen LogP contribution in [0.3, 0.4) is 0 Å². The molecule has 2 aromatic carbocycles. The second-order valence-electron chi connectivity index (χ2n) is 5.72. The van der Waals surface area contributed by atoms with Gasteiger partial charge in [-0.15, -0.1) is 0 Å². The van der Waals surface area contributed by atoms with Crippen LogP contribution in [0.1, 0.15) is 30.5 Å². The SMILES string of the molecule is CNC=O.CO/N=C(/C)c1ccccc1CO/N=C(\C)C#Cc1c(Cl)cccc1Cl. The molecule has 8 heteroatoms. The third kappa shape index (κ3) is 8.56. The van der Waals surface area contributed by atoms with E-state index < -0.39 is 0 Å². The Morgan fingerprint density at radius 3 is 2.33 bits per heavy atom. The smallest absolute Gasteiger partial charge is 0.206 e. The molecular weight excluding hydrogens is 425 g/mol. The van der Waals surface area contributed by atoms with Crippen LogP contribution in [-0.2, 0) is 21.1 Å². The van der Waals surface area contributed by atoms with Crippen molar-refractivity contribution in [1.29, 1.82) is 0 Å². The van der Waals surface area contributed by atoms with Crippen molar-refractivity contribution in [3.05, 3.63) is 69.2 Å². The van der Waals surface area contributed by atoms with Crippen LogP contribution in [0.15, 0.2) is 52.8 Å². The summed E-state index contributed by atoms with van der Waals surface area (Å²) in [5.41, 5.74) is 3.74. The monoisotopic (exact) mass is 447 g/mol. The van der Waals surface area contributed by atoms with Gasteiger partial charge < -0.3 is 15.0 Å². The van der Waals surface area contributed by atoms with Crippen molar-refractivity contribution in [1.82, 2.24) is 5.32 Å². The number of rotatable bonds is 6. The van der Waals surface area contributed by atoms with Gasteiger partial charge in [-0.25, -0.2) is 0 Å². The molecule has 0 aliphatic heterocycles. The summed E-state index contributed by atoms with van der Waals surface area (Å²) < 4.78 is 0. The Balaban J connectivity index is 0.00000103. The van der Waals surface area contributed by atoms with Gasteiger partial charge in [0.25, 0.3) is 0 Å². The molecule has 0 radical (unpaired) electrons. The number of benzene rings is 2. The molecule has 0 heterocycles. The van der Waals surface area contributed by atoms with Gasteiger partial charge in [-0.05, 0) is 31.9 Å². The van der Waals surface area contributed by atoms with E-state index in [1.54, 1.807) is 32.2 Å². The third-order valence-electron chi connectivity index (χ3n) is 3.51. The summed E-state index contributed by atoms with van der Waals surface area (Å²) >= 11 is 12.2. The Hall–Kier alpha value is -3.01. The lowest BCUT2D eigenvalue weighted by Gasteiger charge is -2.07. The van der Waals surface area contributed by atoms with Crippen LogP contribution in [0.4, 0.5) is 0 Å². The number of carbonyl (C=O) groups excluding carboxylic acids is 1. The van der Waals surface area contributed by atoms with Gasteiger partial charge in [-0.1, -0.05) is 69.8 Å². The zero-order valence-corrected chi connectivity index (χ0v) is 18.7. The number of oxime groups is 2. The van der Waals surface area contributed by atoms with E-state index in [2.05, 4.69) is 27.5 Å². The fourth-order valence-corrected chi connectivity index (χ4v) is 2.67. The number of hydrogen-bond acceptors (Lipinski definition) is 5. The highest BCUT2D eigenvalue weighted by atomic mass is 35.5. The van der Waals surface area contributed by atoms with Crippen molar-refractivity contribution in [2.75, 3.05) is 14.2 Å². The maximum absolute atomic E-state index is 9.06. The molecule has 0 aliphatic rings. The minimum Gasteiger partial charge on any atom is -0.399 e. The van der Waals surface area contributed by atoms with E-state index in [0.717, 1.165) is 16.8 Å². The Morgan fingerprint density at radius 1 is 1.10 bits per heavy atom. The van der Waals surface area contributed by atoms with E-state index in [4.69, 9.17) is 37.7 Å². The van der Waals surface area contributed by atoms with E-state index in [-0.39, 0.29) is 0 Å². The van der Waals surface area contributed by atoms with Crippen molar-refractivity contribution in [3.63, 3.8) is 0 Å². The zero-order chi connectivity index (χ0) is 22.4. The summed E-state index contributed by atoms with van der Waals surface area (Å²) in [7, 11) is 3.08. The molecule has 1 N–H and O–H groups in total. The van der Waals surface area contributed by atoms with Crippen LogP contribution in [0.2, 0.25) is 10.0 Å². The molecule has 0 saturated carbocycles.